The summed E-state index contributed by atoms with van der Waals surface area (Å²) in [5.41, 5.74) is 1.08. The van der Waals surface area contributed by atoms with Gasteiger partial charge in [0.15, 0.2) is 0 Å². The molecule has 122 valence electrons. The molecule has 0 spiro atoms. The molecule has 0 saturated carbocycles. The summed E-state index contributed by atoms with van der Waals surface area (Å²) in [7, 11) is 3.64. The smallest absolute Gasteiger partial charge is 0.222 e. The van der Waals surface area contributed by atoms with E-state index in [1.807, 2.05) is 30.1 Å². The molecule has 1 saturated heterocycles. The number of benzene rings is 1. The minimum absolute atomic E-state index is 0.253. The Morgan fingerprint density at radius 1 is 1.50 bits per heavy atom. The molecule has 1 heterocycles. The first-order valence-electron chi connectivity index (χ1n) is 7.88. The van der Waals surface area contributed by atoms with E-state index >= 15 is 0 Å². The molecule has 0 bridgehead atoms. The summed E-state index contributed by atoms with van der Waals surface area (Å²) >= 11 is 3.48. The first kappa shape index (κ1) is 17.3. The Kier molecular flexibility index (Phi) is 6.70. The molecule has 4 nitrogen and oxygen atoms in total. The monoisotopic (exact) mass is 368 g/mol. The Balaban J connectivity index is 1.91. The number of ether oxygens (including phenoxy) is 1. The highest BCUT2D eigenvalue weighted by Gasteiger charge is 2.23. The molecule has 5 heteroatoms. The molecule has 0 radical (unpaired) electrons. The highest BCUT2D eigenvalue weighted by molar-refractivity contribution is 9.10. The lowest BCUT2D eigenvalue weighted by Gasteiger charge is -2.32. The molecule has 0 unspecified atom stereocenters. The minimum atomic E-state index is 0.253. The second-order valence-electron chi connectivity index (χ2n) is 5.86. The summed E-state index contributed by atoms with van der Waals surface area (Å²) in [6, 6.07) is 5.93. The van der Waals surface area contributed by atoms with Crippen LogP contribution >= 0.6 is 15.9 Å². The average Bonchev–Trinajstić information content (AvgIpc) is 2.53. The highest BCUT2D eigenvalue weighted by Crippen LogP contribution is 2.25. The van der Waals surface area contributed by atoms with Gasteiger partial charge in [-0.2, -0.15) is 0 Å². The second-order valence-corrected chi connectivity index (χ2v) is 6.78. The van der Waals surface area contributed by atoms with Crippen LogP contribution in [0.2, 0.25) is 0 Å². The Hall–Kier alpha value is -1.07. The summed E-state index contributed by atoms with van der Waals surface area (Å²) in [6.45, 7) is 2.77. The number of halogens is 1. The summed E-state index contributed by atoms with van der Waals surface area (Å²) in [5.74, 6) is 1.69. The maximum atomic E-state index is 12.5. The lowest BCUT2D eigenvalue weighted by molar-refractivity contribution is -0.132. The Bertz CT molecular complexity index is 505. The van der Waals surface area contributed by atoms with E-state index in [1.165, 1.54) is 6.42 Å². The standard InChI is InChI=1S/C17H25BrN2O2/c1-19-11-13-4-3-9-20(12-13)17(21)8-5-14-10-15(18)6-7-16(14)22-2/h6-7,10,13,19H,3-5,8-9,11-12H2,1-2H3/t13-/m1/s1. The third kappa shape index (κ3) is 4.71. The van der Waals surface area contributed by atoms with Crippen molar-refractivity contribution in [1.82, 2.24) is 10.2 Å². The lowest BCUT2D eigenvalue weighted by atomic mass is 9.97. The number of carbonyl (C=O) groups is 1. The quantitative estimate of drug-likeness (QED) is 0.839. The number of amides is 1. The van der Waals surface area contributed by atoms with Crippen LogP contribution in [0.5, 0.6) is 5.75 Å². The summed E-state index contributed by atoms with van der Waals surface area (Å²) in [5, 5.41) is 3.22. The van der Waals surface area contributed by atoms with E-state index in [9.17, 15) is 4.79 Å². The van der Waals surface area contributed by atoms with E-state index in [0.29, 0.717) is 18.8 Å². The molecule has 22 heavy (non-hydrogen) atoms. The Morgan fingerprint density at radius 2 is 2.32 bits per heavy atom. The van der Waals surface area contributed by atoms with Crippen LogP contribution < -0.4 is 10.1 Å². The van der Waals surface area contributed by atoms with Gasteiger partial charge in [0, 0.05) is 24.0 Å². The molecule has 0 aliphatic carbocycles. The van der Waals surface area contributed by atoms with Gasteiger partial charge in [-0.25, -0.2) is 0 Å². The van der Waals surface area contributed by atoms with Gasteiger partial charge in [0.1, 0.15) is 5.75 Å². The van der Waals surface area contributed by atoms with Gasteiger partial charge in [0.2, 0.25) is 5.91 Å². The van der Waals surface area contributed by atoms with Crippen molar-refractivity contribution in [2.45, 2.75) is 25.7 Å². The third-order valence-electron chi connectivity index (χ3n) is 4.22. The van der Waals surface area contributed by atoms with Gasteiger partial charge in [-0.05, 0) is 62.5 Å². The summed E-state index contributed by atoms with van der Waals surface area (Å²) in [6.07, 6.45) is 3.58. The molecule has 1 aliphatic heterocycles. The van der Waals surface area contributed by atoms with Crippen LogP contribution in [0.15, 0.2) is 22.7 Å². The van der Waals surface area contributed by atoms with Crippen LogP contribution in [0, 0.1) is 5.92 Å². The number of rotatable bonds is 6. The largest absolute Gasteiger partial charge is 0.496 e. The average molecular weight is 369 g/mol. The van der Waals surface area contributed by atoms with E-state index in [0.717, 1.165) is 41.8 Å². The van der Waals surface area contributed by atoms with Gasteiger partial charge in [-0.1, -0.05) is 15.9 Å². The fraction of sp³-hybridized carbons (Fsp3) is 0.588. The number of methoxy groups -OCH3 is 1. The van der Waals surface area contributed by atoms with E-state index in [4.69, 9.17) is 4.74 Å². The zero-order valence-corrected chi connectivity index (χ0v) is 15.0. The van der Waals surface area contributed by atoms with Gasteiger partial charge in [0.25, 0.3) is 0 Å². The van der Waals surface area contributed by atoms with Gasteiger partial charge < -0.3 is 15.0 Å². The molecule has 1 aromatic carbocycles. The summed E-state index contributed by atoms with van der Waals surface area (Å²) < 4.78 is 6.39. The van der Waals surface area contributed by atoms with E-state index in [1.54, 1.807) is 7.11 Å². The van der Waals surface area contributed by atoms with Crippen molar-refractivity contribution < 1.29 is 9.53 Å². The fourth-order valence-electron chi connectivity index (χ4n) is 3.09. The minimum Gasteiger partial charge on any atom is -0.496 e. The molecule has 1 N–H and O–H groups in total. The predicted molar refractivity (Wildman–Crippen MR) is 92.2 cm³/mol. The van der Waals surface area contributed by atoms with Crippen molar-refractivity contribution in [2.75, 3.05) is 33.8 Å². The van der Waals surface area contributed by atoms with Crippen LogP contribution in [-0.2, 0) is 11.2 Å². The van der Waals surface area contributed by atoms with Gasteiger partial charge >= 0.3 is 0 Å². The topological polar surface area (TPSA) is 41.6 Å². The fourth-order valence-corrected chi connectivity index (χ4v) is 3.50. The van der Waals surface area contributed by atoms with Gasteiger partial charge in [-0.3, -0.25) is 4.79 Å². The van der Waals surface area contributed by atoms with Crippen molar-refractivity contribution in [1.29, 1.82) is 0 Å². The summed E-state index contributed by atoms with van der Waals surface area (Å²) in [4.78, 5) is 14.5. The van der Waals surface area contributed by atoms with Crippen molar-refractivity contribution in [3.05, 3.63) is 28.2 Å². The molecule has 1 atom stereocenters. The molecular formula is C17H25BrN2O2. The molecule has 2 rings (SSSR count). The van der Waals surface area contributed by atoms with Crippen LogP contribution in [-0.4, -0.2) is 44.6 Å². The molecule has 1 fully saturated rings. The lowest BCUT2D eigenvalue weighted by Crippen LogP contribution is -2.42. The normalized spacial score (nSPS) is 18.3. The number of nitrogens with zero attached hydrogens (tertiary/aromatic N) is 1. The Morgan fingerprint density at radius 3 is 3.05 bits per heavy atom. The first-order chi connectivity index (χ1) is 10.6. The van der Waals surface area contributed by atoms with E-state index < -0.39 is 0 Å². The second kappa shape index (κ2) is 8.53. The first-order valence-corrected chi connectivity index (χ1v) is 8.68. The maximum absolute atomic E-state index is 12.5. The molecule has 1 aliphatic rings. The van der Waals surface area contributed by atoms with Crippen LogP contribution in [0.4, 0.5) is 0 Å². The molecular weight excluding hydrogens is 344 g/mol. The molecule has 1 amide bonds. The van der Waals surface area contributed by atoms with Gasteiger partial charge in [-0.15, -0.1) is 0 Å². The van der Waals surface area contributed by atoms with Crippen molar-refractivity contribution in [3.63, 3.8) is 0 Å². The van der Waals surface area contributed by atoms with Crippen molar-refractivity contribution in [2.24, 2.45) is 5.92 Å². The predicted octanol–water partition coefficient (Wildman–Crippen LogP) is 2.85. The van der Waals surface area contributed by atoms with Crippen molar-refractivity contribution in [3.8, 4) is 5.75 Å². The highest BCUT2D eigenvalue weighted by atomic mass is 79.9. The van der Waals surface area contributed by atoms with Crippen LogP contribution in [0.25, 0.3) is 0 Å². The zero-order chi connectivity index (χ0) is 15.9. The number of piperidine rings is 1. The maximum Gasteiger partial charge on any atom is 0.222 e. The SMILES string of the molecule is CNC[C@H]1CCCN(C(=O)CCc2cc(Br)ccc2OC)C1. The Labute approximate surface area is 141 Å². The molecule has 1 aromatic rings. The number of aryl methyl sites for hydroxylation is 1. The number of hydrogen-bond acceptors (Lipinski definition) is 3. The number of carbonyl (C=O) groups excluding carboxylic acids is 1. The van der Waals surface area contributed by atoms with Crippen LogP contribution in [0.1, 0.15) is 24.8 Å². The van der Waals surface area contributed by atoms with Crippen molar-refractivity contribution >= 4 is 21.8 Å². The van der Waals surface area contributed by atoms with Crippen LogP contribution in [0.3, 0.4) is 0 Å². The van der Waals surface area contributed by atoms with E-state index in [2.05, 4.69) is 21.2 Å². The molecule has 0 aromatic heterocycles. The number of hydrogen-bond donors (Lipinski definition) is 1. The number of nitrogens with one attached hydrogen (secondary N) is 1. The van der Waals surface area contributed by atoms with Gasteiger partial charge in [0.05, 0.1) is 7.11 Å². The van der Waals surface area contributed by atoms with E-state index in [-0.39, 0.29) is 5.91 Å². The number of likely N-dealkylation sites (tertiary alicyclic amines) is 1. The third-order valence-corrected chi connectivity index (χ3v) is 4.71. The zero-order valence-electron chi connectivity index (χ0n) is 13.4.